The molecule has 0 radical (unpaired) electrons. The standard InChI is InChI=1S/C29H31NO/c1-5-7-13-21(3)25(6-2)22(4)30(23-14-9-8-10-15-23)24-18-19-27-26-16-11-12-17-28(26)31-29(27)20-24/h7-20,22H,5-6H2,1-4H3/b13-7-,25-21+/t22-/m1/s1. The number of benzene rings is 3. The van der Waals surface area contributed by atoms with Crippen LogP contribution >= 0.6 is 0 Å². The van der Waals surface area contributed by atoms with Crippen molar-refractivity contribution in [3.8, 4) is 0 Å². The van der Waals surface area contributed by atoms with Crippen LogP contribution in [0, 0.1) is 0 Å². The molecule has 3 aromatic carbocycles. The largest absolute Gasteiger partial charge is 0.456 e. The highest BCUT2D eigenvalue weighted by Crippen LogP contribution is 2.36. The number of furan rings is 1. The fourth-order valence-corrected chi connectivity index (χ4v) is 4.51. The molecule has 4 rings (SSSR count). The van der Waals surface area contributed by atoms with Gasteiger partial charge in [0, 0.05) is 28.2 Å². The molecule has 2 nitrogen and oxygen atoms in total. The molecule has 0 spiro atoms. The van der Waals surface area contributed by atoms with Crippen LogP contribution in [0.5, 0.6) is 0 Å². The molecule has 0 unspecified atom stereocenters. The van der Waals surface area contributed by atoms with E-state index in [1.54, 1.807) is 0 Å². The van der Waals surface area contributed by atoms with Crippen molar-refractivity contribution in [3.63, 3.8) is 0 Å². The van der Waals surface area contributed by atoms with E-state index in [0.717, 1.165) is 40.5 Å². The average Bonchev–Trinajstić information content (AvgIpc) is 3.17. The minimum absolute atomic E-state index is 0.218. The predicted octanol–water partition coefficient (Wildman–Crippen LogP) is 8.81. The molecule has 0 bridgehead atoms. The highest BCUT2D eigenvalue weighted by Gasteiger charge is 2.21. The molecule has 2 heteroatoms. The first-order valence-electron chi connectivity index (χ1n) is 11.3. The summed E-state index contributed by atoms with van der Waals surface area (Å²) in [6, 6.07) is 25.7. The maximum Gasteiger partial charge on any atom is 0.137 e. The van der Waals surface area contributed by atoms with Gasteiger partial charge in [-0.15, -0.1) is 0 Å². The number of nitrogens with zero attached hydrogens (tertiary/aromatic N) is 1. The van der Waals surface area contributed by atoms with Gasteiger partial charge in [-0.3, -0.25) is 0 Å². The van der Waals surface area contributed by atoms with Gasteiger partial charge in [0.1, 0.15) is 11.2 Å². The van der Waals surface area contributed by atoms with E-state index in [9.17, 15) is 0 Å². The molecule has 1 heterocycles. The molecule has 4 aromatic rings. The van der Waals surface area contributed by atoms with Gasteiger partial charge in [0.15, 0.2) is 0 Å². The second kappa shape index (κ2) is 9.26. The molecule has 1 atom stereocenters. The van der Waals surface area contributed by atoms with Crippen molar-refractivity contribution in [2.24, 2.45) is 0 Å². The Bertz CT molecular complexity index is 1230. The van der Waals surface area contributed by atoms with Gasteiger partial charge in [-0.05, 0) is 62.6 Å². The van der Waals surface area contributed by atoms with Crippen molar-refractivity contribution in [2.45, 2.75) is 46.6 Å². The van der Waals surface area contributed by atoms with Gasteiger partial charge in [-0.2, -0.15) is 0 Å². The maximum absolute atomic E-state index is 6.20. The lowest BCUT2D eigenvalue weighted by Crippen LogP contribution is -2.30. The van der Waals surface area contributed by atoms with Gasteiger partial charge >= 0.3 is 0 Å². The Kier molecular flexibility index (Phi) is 6.27. The molecule has 0 aliphatic rings. The summed E-state index contributed by atoms with van der Waals surface area (Å²) >= 11 is 0. The van der Waals surface area contributed by atoms with Crippen LogP contribution in [0.15, 0.2) is 101 Å². The lowest BCUT2D eigenvalue weighted by Gasteiger charge is -2.34. The van der Waals surface area contributed by atoms with E-state index >= 15 is 0 Å². The Morgan fingerprint density at radius 1 is 0.871 bits per heavy atom. The fourth-order valence-electron chi connectivity index (χ4n) is 4.51. The minimum Gasteiger partial charge on any atom is -0.456 e. The van der Waals surface area contributed by atoms with Gasteiger partial charge in [-0.25, -0.2) is 0 Å². The van der Waals surface area contributed by atoms with Gasteiger partial charge in [0.05, 0.1) is 6.04 Å². The molecule has 0 aliphatic carbocycles. The Morgan fingerprint density at radius 3 is 2.32 bits per heavy atom. The summed E-state index contributed by atoms with van der Waals surface area (Å²) in [6.45, 7) is 8.96. The molecule has 0 N–H and O–H groups in total. The van der Waals surface area contributed by atoms with Gasteiger partial charge in [0.25, 0.3) is 0 Å². The third-order valence-corrected chi connectivity index (χ3v) is 6.06. The van der Waals surface area contributed by atoms with Crippen LogP contribution in [0.25, 0.3) is 21.9 Å². The second-order valence-corrected chi connectivity index (χ2v) is 8.03. The summed E-state index contributed by atoms with van der Waals surface area (Å²) in [6.07, 6.45) is 6.57. The lowest BCUT2D eigenvalue weighted by atomic mass is 9.97. The predicted molar refractivity (Wildman–Crippen MR) is 134 cm³/mol. The Morgan fingerprint density at radius 2 is 1.58 bits per heavy atom. The molecule has 158 valence electrons. The quantitative estimate of drug-likeness (QED) is 0.283. The Labute approximate surface area is 185 Å². The van der Waals surface area contributed by atoms with Crippen LogP contribution in [0.1, 0.15) is 40.5 Å². The molecule has 31 heavy (non-hydrogen) atoms. The van der Waals surface area contributed by atoms with E-state index in [1.807, 2.05) is 12.1 Å². The number of allylic oxidation sites excluding steroid dienone is 3. The summed E-state index contributed by atoms with van der Waals surface area (Å²) in [5, 5.41) is 2.33. The van der Waals surface area contributed by atoms with E-state index in [-0.39, 0.29) is 6.04 Å². The topological polar surface area (TPSA) is 16.4 Å². The van der Waals surface area contributed by atoms with E-state index in [4.69, 9.17) is 4.42 Å². The SMILES string of the molecule is CC/C=C\C(C)=C(/CC)[C@@H](C)N(c1ccccc1)c1ccc2c(c1)oc1ccccc12. The zero-order chi connectivity index (χ0) is 21.8. The third-order valence-electron chi connectivity index (χ3n) is 6.06. The number of fused-ring (bicyclic) bond motifs is 3. The monoisotopic (exact) mass is 409 g/mol. The molecule has 0 fully saturated rings. The van der Waals surface area contributed by atoms with Crippen molar-refractivity contribution in [1.29, 1.82) is 0 Å². The summed E-state index contributed by atoms with van der Waals surface area (Å²) < 4.78 is 6.20. The number of rotatable bonds is 7. The van der Waals surface area contributed by atoms with E-state index in [0.29, 0.717) is 0 Å². The maximum atomic E-state index is 6.20. The van der Waals surface area contributed by atoms with Crippen LogP contribution < -0.4 is 4.90 Å². The summed E-state index contributed by atoms with van der Waals surface area (Å²) in [5.74, 6) is 0. The Balaban J connectivity index is 1.85. The zero-order valence-electron chi connectivity index (χ0n) is 18.9. The van der Waals surface area contributed by atoms with Crippen molar-refractivity contribution >= 4 is 33.3 Å². The molecular weight excluding hydrogens is 378 g/mol. The molecule has 0 amide bonds. The first-order valence-corrected chi connectivity index (χ1v) is 11.3. The van der Waals surface area contributed by atoms with Crippen LogP contribution in [-0.4, -0.2) is 6.04 Å². The van der Waals surface area contributed by atoms with E-state index < -0.39 is 0 Å². The third kappa shape index (κ3) is 4.16. The molecular formula is C29H31NO. The van der Waals surface area contributed by atoms with E-state index in [2.05, 4.69) is 105 Å². The molecule has 0 aliphatic heterocycles. The first-order chi connectivity index (χ1) is 15.1. The van der Waals surface area contributed by atoms with Gasteiger partial charge < -0.3 is 9.32 Å². The first kappa shape index (κ1) is 21.0. The van der Waals surface area contributed by atoms with Crippen molar-refractivity contribution in [1.82, 2.24) is 0 Å². The normalized spacial score (nSPS) is 13.7. The Hall–Kier alpha value is -3.26. The second-order valence-electron chi connectivity index (χ2n) is 8.03. The molecule has 0 saturated heterocycles. The molecule has 0 saturated carbocycles. The van der Waals surface area contributed by atoms with Crippen molar-refractivity contribution in [3.05, 3.63) is 96.1 Å². The lowest BCUT2D eigenvalue weighted by molar-refractivity contribution is 0.668. The summed E-state index contributed by atoms with van der Waals surface area (Å²) in [7, 11) is 0. The summed E-state index contributed by atoms with van der Waals surface area (Å²) in [5.41, 5.74) is 6.98. The zero-order valence-corrected chi connectivity index (χ0v) is 18.9. The fraction of sp³-hybridized carbons (Fsp3) is 0.241. The van der Waals surface area contributed by atoms with Crippen LogP contribution in [0.2, 0.25) is 0 Å². The van der Waals surface area contributed by atoms with E-state index in [1.165, 1.54) is 16.8 Å². The van der Waals surface area contributed by atoms with Crippen molar-refractivity contribution < 1.29 is 4.42 Å². The minimum atomic E-state index is 0.218. The average molecular weight is 410 g/mol. The highest BCUT2D eigenvalue weighted by molar-refractivity contribution is 6.05. The van der Waals surface area contributed by atoms with Crippen molar-refractivity contribution in [2.75, 3.05) is 4.90 Å². The summed E-state index contributed by atoms with van der Waals surface area (Å²) in [4.78, 5) is 2.43. The van der Waals surface area contributed by atoms with Gasteiger partial charge in [0.2, 0.25) is 0 Å². The van der Waals surface area contributed by atoms with Crippen LogP contribution in [-0.2, 0) is 0 Å². The number of hydrogen-bond donors (Lipinski definition) is 0. The number of anilines is 2. The van der Waals surface area contributed by atoms with Crippen LogP contribution in [0.4, 0.5) is 11.4 Å². The van der Waals surface area contributed by atoms with Crippen LogP contribution in [0.3, 0.4) is 0 Å². The number of para-hydroxylation sites is 2. The molecule has 1 aromatic heterocycles. The van der Waals surface area contributed by atoms with Gasteiger partial charge in [-0.1, -0.05) is 68.0 Å². The highest BCUT2D eigenvalue weighted by atomic mass is 16.3. The smallest absolute Gasteiger partial charge is 0.137 e. The number of hydrogen-bond acceptors (Lipinski definition) is 2.